The molecule has 0 aliphatic carbocycles. The largest absolute Gasteiger partial charge is 0.508 e. The summed E-state index contributed by atoms with van der Waals surface area (Å²) in [6, 6.07) is 0. The van der Waals surface area contributed by atoms with E-state index in [2.05, 4.69) is 8.74 Å². The predicted octanol–water partition coefficient (Wildman–Crippen LogP) is -0.255. The first-order valence-corrected chi connectivity index (χ1v) is 2.31. The summed E-state index contributed by atoms with van der Waals surface area (Å²) >= 11 is 0. The van der Waals surface area contributed by atoms with Crippen LogP contribution < -0.4 is 0 Å². The summed E-state index contributed by atoms with van der Waals surface area (Å²) < 4.78 is 8.44. The molecule has 0 aliphatic rings. The van der Waals surface area contributed by atoms with Gasteiger partial charge in [0.25, 0.3) is 0 Å². The summed E-state index contributed by atoms with van der Waals surface area (Å²) in [7, 11) is -0.0602. The molecule has 5 heavy (non-hydrogen) atoms. The maximum atomic E-state index is 4.68. The van der Waals surface area contributed by atoms with Gasteiger partial charge in [0.1, 0.15) is 0 Å². The van der Waals surface area contributed by atoms with Crippen molar-refractivity contribution in [2.24, 2.45) is 0 Å². The standard InChI is InChI=1S/C2H3NOSi/c1-2-4-5-3-1/h1-2,5H. The van der Waals surface area contributed by atoms with Crippen LogP contribution in [-0.4, -0.2) is 14.2 Å². The van der Waals surface area contributed by atoms with Crippen LogP contribution in [0.2, 0.25) is 0 Å². The smallest absolute Gasteiger partial charge is 0.343 e. The van der Waals surface area contributed by atoms with Gasteiger partial charge < -0.3 is 4.10 Å². The lowest BCUT2D eigenvalue weighted by Gasteiger charge is -1.48. The SMILES string of the molecule is c1co[siH]n1. The van der Waals surface area contributed by atoms with Crippen molar-refractivity contribution >= 4 is 9.55 Å². The van der Waals surface area contributed by atoms with E-state index in [1.54, 1.807) is 12.5 Å². The van der Waals surface area contributed by atoms with Crippen LogP contribution in [0.3, 0.4) is 0 Å². The average molecular weight is 85.1 g/mol. The van der Waals surface area contributed by atoms with Gasteiger partial charge in [0.2, 0.25) is 0 Å². The summed E-state index contributed by atoms with van der Waals surface area (Å²) in [6.45, 7) is 0. The van der Waals surface area contributed by atoms with Crippen molar-refractivity contribution in [3.8, 4) is 0 Å². The molecule has 0 aromatic carbocycles. The maximum absolute atomic E-state index is 4.68. The Morgan fingerprint density at radius 3 is 3.00 bits per heavy atom. The Balaban J connectivity index is 3.13. The van der Waals surface area contributed by atoms with Gasteiger partial charge in [-0.25, -0.2) is 0 Å². The van der Waals surface area contributed by atoms with Gasteiger partial charge in [-0.05, 0) is 0 Å². The van der Waals surface area contributed by atoms with E-state index in [-0.39, 0.29) is 9.55 Å². The maximum Gasteiger partial charge on any atom is 0.343 e. The summed E-state index contributed by atoms with van der Waals surface area (Å²) in [4.78, 5) is 0. The highest BCUT2D eigenvalue weighted by atomic mass is 28.2. The van der Waals surface area contributed by atoms with E-state index < -0.39 is 0 Å². The van der Waals surface area contributed by atoms with Crippen molar-refractivity contribution in [2.75, 3.05) is 0 Å². The minimum absolute atomic E-state index is 0.0602. The fraction of sp³-hybridized carbons (Fsp3) is 0. The molecule has 0 amide bonds. The molecular weight excluding hydrogens is 82.1 g/mol. The molecule has 26 valence electrons. The van der Waals surface area contributed by atoms with E-state index in [4.69, 9.17) is 0 Å². The molecule has 1 rings (SSSR count). The van der Waals surface area contributed by atoms with Crippen molar-refractivity contribution in [3.05, 3.63) is 12.5 Å². The van der Waals surface area contributed by atoms with E-state index in [1.807, 2.05) is 0 Å². The predicted molar refractivity (Wildman–Crippen MR) is 19.2 cm³/mol. The van der Waals surface area contributed by atoms with Gasteiger partial charge in [0.15, 0.2) is 0 Å². The molecule has 0 bridgehead atoms. The minimum atomic E-state index is -0.0602. The van der Waals surface area contributed by atoms with Crippen LogP contribution in [0.4, 0.5) is 0 Å². The van der Waals surface area contributed by atoms with Crippen LogP contribution in [-0.2, 0) is 0 Å². The molecule has 0 fully saturated rings. The summed E-state index contributed by atoms with van der Waals surface area (Å²) in [6.07, 6.45) is 3.28. The Hall–Kier alpha value is -0.443. The van der Waals surface area contributed by atoms with Gasteiger partial charge in [-0.3, -0.25) is 4.64 Å². The van der Waals surface area contributed by atoms with Crippen LogP contribution in [0.5, 0.6) is 0 Å². The average Bonchev–Trinajstić information content (AvgIpc) is 1.76. The molecule has 1 heterocycles. The van der Waals surface area contributed by atoms with Gasteiger partial charge in [-0.1, -0.05) is 0 Å². The number of hydrogen-bond acceptors (Lipinski definition) is 2. The normalized spacial score (nSPS) is 8.00. The Morgan fingerprint density at radius 2 is 2.80 bits per heavy atom. The highest BCUT2D eigenvalue weighted by Crippen LogP contribution is 1.63. The van der Waals surface area contributed by atoms with Crippen LogP contribution in [0.1, 0.15) is 0 Å². The molecule has 1 aromatic heterocycles. The van der Waals surface area contributed by atoms with Crippen molar-refractivity contribution < 1.29 is 4.10 Å². The lowest BCUT2D eigenvalue weighted by Crippen LogP contribution is -1.56. The zero-order valence-electron chi connectivity index (χ0n) is 2.59. The third-order valence-corrected chi connectivity index (χ3v) is 0.920. The van der Waals surface area contributed by atoms with E-state index in [0.29, 0.717) is 0 Å². The number of nitrogens with zero attached hydrogens (tertiary/aromatic N) is 1. The van der Waals surface area contributed by atoms with Crippen LogP contribution in [0.25, 0.3) is 0 Å². The first-order chi connectivity index (χ1) is 2.50. The van der Waals surface area contributed by atoms with Gasteiger partial charge in [-0.2, -0.15) is 0 Å². The first kappa shape index (κ1) is 2.78. The molecule has 1 aromatic rings. The van der Waals surface area contributed by atoms with Gasteiger partial charge in [-0.15, -0.1) is 0 Å². The number of aromatic nitrogens is 1. The Kier molecular flexibility index (Phi) is 0.622. The fourth-order valence-electron chi connectivity index (χ4n) is 0.176. The van der Waals surface area contributed by atoms with Crippen LogP contribution >= 0.6 is 0 Å². The van der Waals surface area contributed by atoms with Gasteiger partial charge >= 0.3 is 9.55 Å². The fourth-order valence-corrected chi connectivity index (χ4v) is 0.527. The lowest BCUT2D eigenvalue weighted by molar-refractivity contribution is 0.673. The molecule has 0 atom stereocenters. The Morgan fingerprint density at radius 1 is 1.80 bits per heavy atom. The zero-order valence-corrected chi connectivity index (χ0v) is 3.74. The van der Waals surface area contributed by atoms with E-state index in [1.165, 1.54) is 0 Å². The molecule has 2 nitrogen and oxygen atoms in total. The van der Waals surface area contributed by atoms with E-state index in [0.717, 1.165) is 0 Å². The second-order valence-corrected chi connectivity index (χ2v) is 1.46. The van der Waals surface area contributed by atoms with Crippen LogP contribution in [0.15, 0.2) is 16.6 Å². The molecule has 0 spiro atoms. The van der Waals surface area contributed by atoms with Crippen molar-refractivity contribution in [1.82, 2.24) is 4.64 Å². The summed E-state index contributed by atoms with van der Waals surface area (Å²) in [5.74, 6) is 0. The molecular formula is C2H3NOSi. The molecule has 0 saturated heterocycles. The second-order valence-electron chi connectivity index (χ2n) is 0.676. The first-order valence-electron chi connectivity index (χ1n) is 1.32. The Bertz CT molecular complexity index is 66.1. The Labute approximate surface area is 31.8 Å². The summed E-state index contributed by atoms with van der Waals surface area (Å²) in [5, 5.41) is 0. The van der Waals surface area contributed by atoms with Crippen molar-refractivity contribution in [2.45, 2.75) is 0 Å². The molecule has 0 unspecified atom stereocenters. The molecule has 0 N–H and O–H groups in total. The lowest BCUT2D eigenvalue weighted by atomic mass is 11.0. The monoisotopic (exact) mass is 85.0 g/mol. The molecule has 0 saturated carbocycles. The molecule has 3 heteroatoms. The van der Waals surface area contributed by atoms with Gasteiger partial charge in [0, 0.05) is 0 Å². The topological polar surface area (TPSA) is 26.0 Å². The zero-order chi connectivity index (χ0) is 3.54. The van der Waals surface area contributed by atoms with E-state index in [9.17, 15) is 0 Å². The van der Waals surface area contributed by atoms with Crippen molar-refractivity contribution in [3.63, 3.8) is 0 Å². The van der Waals surface area contributed by atoms with Crippen LogP contribution in [0, 0.1) is 0 Å². The quantitative estimate of drug-likeness (QED) is 0.406. The number of hydrogen-bond donors (Lipinski definition) is 0. The van der Waals surface area contributed by atoms with E-state index >= 15 is 0 Å². The second kappa shape index (κ2) is 1.12. The number of rotatable bonds is 0. The third-order valence-electron chi connectivity index (χ3n) is 0.347. The third kappa shape index (κ3) is 0.415. The van der Waals surface area contributed by atoms with Gasteiger partial charge in [0.05, 0.1) is 12.5 Å². The minimum Gasteiger partial charge on any atom is -0.508 e. The highest BCUT2D eigenvalue weighted by Gasteiger charge is 1.61. The molecule has 0 aliphatic heterocycles. The molecule has 0 radical (unpaired) electrons. The highest BCUT2D eigenvalue weighted by molar-refractivity contribution is 6.09. The van der Waals surface area contributed by atoms with Crippen molar-refractivity contribution in [1.29, 1.82) is 0 Å². The summed E-state index contributed by atoms with van der Waals surface area (Å²) in [5.41, 5.74) is 0.